The molecule has 0 unspecified atom stereocenters. The second-order valence-corrected chi connectivity index (χ2v) is 9.93. The zero-order valence-corrected chi connectivity index (χ0v) is 22.5. The average Bonchev–Trinajstić information content (AvgIpc) is 3.37. The number of carbonyl (C=O) groups is 2. The minimum absolute atomic E-state index is 0.00234. The minimum Gasteiger partial charge on any atom is -0.337 e. The van der Waals surface area contributed by atoms with Crippen LogP contribution in [0.15, 0.2) is 66.9 Å². The first-order valence-electron chi connectivity index (χ1n) is 12.4. The number of nitrogens with one attached hydrogen (secondary N) is 2. The summed E-state index contributed by atoms with van der Waals surface area (Å²) in [5, 5.41) is 10.8. The number of halogens is 3. The minimum atomic E-state index is -0.586. The first kappa shape index (κ1) is 26.8. The molecule has 200 valence electrons. The van der Waals surface area contributed by atoms with Gasteiger partial charge in [-0.15, -0.1) is 0 Å². The van der Waals surface area contributed by atoms with E-state index in [1.54, 1.807) is 11.0 Å². The van der Waals surface area contributed by atoms with Crippen molar-refractivity contribution in [2.24, 2.45) is 0 Å². The maximum atomic E-state index is 14.4. The lowest BCUT2D eigenvalue weighted by Gasteiger charge is -2.31. The third kappa shape index (κ3) is 5.66. The molecule has 8 nitrogen and oxygen atoms in total. The van der Waals surface area contributed by atoms with Crippen LogP contribution in [-0.4, -0.2) is 57.7 Å². The summed E-state index contributed by atoms with van der Waals surface area (Å²) in [6.07, 6.45) is 3.13. The number of benzene rings is 2. The van der Waals surface area contributed by atoms with Crippen LogP contribution in [-0.2, 0) is 0 Å². The van der Waals surface area contributed by atoms with Gasteiger partial charge in [-0.3, -0.25) is 14.6 Å². The van der Waals surface area contributed by atoms with Crippen LogP contribution >= 0.6 is 23.2 Å². The van der Waals surface area contributed by atoms with E-state index in [0.717, 1.165) is 12.8 Å². The van der Waals surface area contributed by atoms with Gasteiger partial charge in [0, 0.05) is 37.0 Å². The number of piperidine rings is 1. The number of amides is 2. The smallest absolute Gasteiger partial charge is 0.274 e. The van der Waals surface area contributed by atoms with Crippen LogP contribution in [0.1, 0.15) is 33.7 Å². The van der Waals surface area contributed by atoms with E-state index in [4.69, 9.17) is 23.2 Å². The number of carbonyl (C=O) groups excluding carboxylic acids is 2. The van der Waals surface area contributed by atoms with Gasteiger partial charge in [-0.05, 0) is 56.3 Å². The molecular formula is C28H25Cl2FN6O2. The Balaban J connectivity index is 1.48. The van der Waals surface area contributed by atoms with Gasteiger partial charge in [0.1, 0.15) is 17.3 Å². The Morgan fingerprint density at radius 3 is 2.44 bits per heavy atom. The van der Waals surface area contributed by atoms with Crippen LogP contribution < -0.4 is 10.6 Å². The van der Waals surface area contributed by atoms with Crippen LogP contribution in [0.5, 0.6) is 0 Å². The molecule has 5 rings (SSSR count). The molecule has 2 aromatic heterocycles. The van der Waals surface area contributed by atoms with E-state index in [0.29, 0.717) is 24.8 Å². The molecule has 1 saturated heterocycles. The number of hydrogen-bond acceptors (Lipinski definition) is 5. The maximum Gasteiger partial charge on any atom is 0.274 e. The standard InChI is InChI=1S/C28H25Cl2FN6O2/c1-32-17-9-12-36(13-10-17)28(39)24-16-25(37(35-24)18-6-3-2-4-7-18)34-27(38)20-14-19(21(29)15-22(20)30)26-23(31)8-5-11-33-26/h2-8,11,14-17,32H,9-10,12-13H2,1H3,(H,34,38). The summed E-state index contributed by atoms with van der Waals surface area (Å²) in [5.41, 5.74) is 1.14. The van der Waals surface area contributed by atoms with Gasteiger partial charge in [-0.2, -0.15) is 5.10 Å². The van der Waals surface area contributed by atoms with Crippen molar-refractivity contribution < 1.29 is 14.0 Å². The quantitative estimate of drug-likeness (QED) is 0.323. The summed E-state index contributed by atoms with van der Waals surface area (Å²) in [6.45, 7) is 1.22. The van der Waals surface area contributed by atoms with Crippen LogP contribution in [0.4, 0.5) is 10.2 Å². The molecule has 0 saturated carbocycles. The van der Waals surface area contributed by atoms with Crippen molar-refractivity contribution in [2.45, 2.75) is 18.9 Å². The van der Waals surface area contributed by atoms with E-state index in [-0.39, 0.29) is 44.3 Å². The van der Waals surface area contributed by atoms with Crippen molar-refractivity contribution in [3.8, 4) is 16.9 Å². The number of nitrogens with zero attached hydrogens (tertiary/aromatic N) is 4. The van der Waals surface area contributed by atoms with Crippen LogP contribution in [0, 0.1) is 5.82 Å². The number of rotatable bonds is 6. The fourth-order valence-corrected chi connectivity index (χ4v) is 5.10. The summed E-state index contributed by atoms with van der Waals surface area (Å²) in [4.78, 5) is 32.6. The Labute approximate surface area is 234 Å². The zero-order chi connectivity index (χ0) is 27.5. The maximum absolute atomic E-state index is 14.4. The highest BCUT2D eigenvalue weighted by molar-refractivity contribution is 6.38. The monoisotopic (exact) mass is 566 g/mol. The molecular weight excluding hydrogens is 542 g/mol. The van der Waals surface area contributed by atoms with Gasteiger partial charge in [0.2, 0.25) is 0 Å². The molecule has 1 aliphatic heterocycles. The summed E-state index contributed by atoms with van der Waals surface area (Å²) in [5.74, 6) is -1.11. The fraction of sp³-hybridized carbons (Fsp3) is 0.214. The van der Waals surface area contributed by atoms with Gasteiger partial charge in [0.25, 0.3) is 11.8 Å². The van der Waals surface area contributed by atoms with Crippen molar-refractivity contribution in [1.29, 1.82) is 0 Å². The molecule has 1 fully saturated rings. The Morgan fingerprint density at radius 1 is 1.00 bits per heavy atom. The molecule has 0 aliphatic carbocycles. The van der Waals surface area contributed by atoms with Crippen LogP contribution in [0.3, 0.4) is 0 Å². The molecule has 0 atom stereocenters. The van der Waals surface area contributed by atoms with E-state index in [9.17, 15) is 14.0 Å². The van der Waals surface area contributed by atoms with Gasteiger partial charge >= 0.3 is 0 Å². The van der Waals surface area contributed by atoms with Gasteiger partial charge in [0.05, 0.1) is 21.3 Å². The highest BCUT2D eigenvalue weighted by Crippen LogP contribution is 2.34. The Morgan fingerprint density at radius 2 is 1.74 bits per heavy atom. The lowest BCUT2D eigenvalue weighted by Crippen LogP contribution is -2.44. The van der Waals surface area contributed by atoms with Crippen molar-refractivity contribution in [3.63, 3.8) is 0 Å². The Hall–Kier alpha value is -3.79. The normalized spacial score (nSPS) is 13.9. The number of anilines is 1. The predicted octanol–water partition coefficient (Wildman–Crippen LogP) is 5.46. The molecule has 0 radical (unpaired) electrons. The molecule has 2 N–H and O–H groups in total. The Kier molecular flexibility index (Phi) is 7.92. The highest BCUT2D eigenvalue weighted by atomic mass is 35.5. The molecule has 2 aromatic carbocycles. The molecule has 1 aliphatic rings. The van der Waals surface area contributed by atoms with Gasteiger partial charge < -0.3 is 15.5 Å². The first-order valence-corrected chi connectivity index (χ1v) is 13.1. The summed E-state index contributed by atoms with van der Waals surface area (Å²) < 4.78 is 15.9. The lowest BCUT2D eigenvalue weighted by molar-refractivity contribution is 0.0700. The van der Waals surface area contributed by atoms with E-state index in [2.05, 4.69) is 20.7 Å². The second kappa shape index (κ2) is 11.5. The third-order valence-electron chi connectivity index (χ3n) is 6.68. The van der Waals surface area contributed by atoms with Crippen LogP contribution in [0.2, 0.25) is 10.0 Å². The highest BCUT2D eigenvalue weighted by Gasteiger charge is 2.26. The van der Waals surface area contributed by atoms with E-state index in [1.165, 1.54) is 35.1 Å². The molecule has 0 spiro atoms. The van der Waals surface area contributed by atoms with Crippen LogP contribution in [0.25, 0.3) is 16.9 Å². The van der Waals surface area contributed by atoms with Gasteiger partial charge in [-0.1, -0.05) is 41.4 Å². The SMILES string of the molecule is CNC1CCN(C(=O)c2cc(NC(=O)c3cc(-c4ncccc4F)c(Cl)cc3Cl)n(-c3ccccc3)n2)CC1. The van der Waals surface area contributed by atoms with Crippen molar-refractivity contribution in [3.05, 3.63) is 94.0 Å². The summed E-state index contributed by atoms with van der Waals surface area (Å²) >= 11 is 12.7. The number of hydrogen-bond donors (Lipinski definition) is 2. The van der Waals surface area contributed by atoms with E-state index >= 15 is 0 Å². The summed E-state index contributed by atoms with van der Waals surface area (Å²) in [6, 6.07) is 16.5. The molecule has 4 aromatic rings. The molecule has 0 bridgehead atoms. The van der Waals surface area contributed by atoms with Gasteiger partial charge in [-0.25, -0.2) is 9.07 Å². The predicted molar refractivity (Wildman–Crippen MR) is 149 cm³/mol. The zero-order valence-electron chi connectivity index (χ0n) is 21.0. The molecule has 3 heterocycles. The number of para-hydroxylation sites is 1. The largest absolute Gasteiger partial charge is 0.337 e. The first-order chi connectivity index (χ1) is 18.9. The summed E-state index contributed by atoms with van der Waals surface area (Å²) in [7, 11) is 1.92. The average molecular weight is 567 g/mol. The van der Waals surface area contributed by atoms with Crippen molar-refractivity contribution in [1.82, 2.24) is 25.0 Å². The van der Waals surface area contributed by atoms with Crippen molar-refractivity contribution in [2.75, 3.05) is 25.5 Å². The molecule has 2 amide bonds. The second-order valence-electron chi connectivity index (χ2n) is 9.12. The van der Waals surface area contributed by atoms with E-state index < -0.39 is 11.7 Å². The fourth-order valence-electron chi connectivity index (χ4n) is 4.55. The van der Waals surface area contributed by atoms with Gasteiger partial charge in [0.15, 0.2) is 5.69 Å². The van der Waals surface area contributed by atoms with E-state index in [1.807, 2.05) is 37.4 Å². The molecule has 11 heteroatoms. The third-order valence-corrected chi connectivity index (χ3v) is 7.30. The topological polar surface area (TPSA) is 92.2 Å². The Bertz CT molecular complexity index is 1520. The number of pyridine rings is 1. The van der Waals surface area contributed by atoms with Crippen molar-refractivity contribution >= 4 is 40.8 Å². The molecule has 39 heavy (non-hydrogen) atoms. The number of aromatic nitrogens is 3. The lowest BCUT2D eigenvalue weighted by atomic mass is 10.1. The number of likely N-dealkylation sites (tertiary alicyclic amines) is 1.